The number of amides is 1. The second-order valence-corrected chi connectivity index (χ2v) is 12.2. The van der Waals surface area contributed by atoms with Crippen molar-refractivity contribution in [2.45, 2.75) is 126 Å². The van der Waals surface area contributed by atoms with Crippen LogP contribution in [-0.2, 0) is 14.3 Å². The van der Waals surface area contributed by atoms with E-state index in [9.17, 15) is 4.79 Å². The molecule has 2 heterocycles. The number of carbonyl (C=O) groups is 2. The van der Waals surface area contributed by atoms with Crippen molar-refractivity contribution < 1.29 is 19.4 Å². The van der Waals surface area contributed by atoms with E-state index in [1.807, 2.05) is 53.7 Å². The molecule has 0 bridgehead atoms. The van der Waals surface area contributed by atoms with Crippen LogP contribution in [0.5, 0.6) is 0 Å². The largest absolute Gasteiger partial charge is 0.493 e. The predicted octanol–water partition coefficient (Wildman–Crippen LogP) is 9.29. The number of aliphatic carboxylic acids is 1. The minimum Gasteiger partial charge on any atom is -0.493 e. The van der Waals surface area contributed by atoms with Crippen LogP contribution in [0.2, 0.25) is 0 Å². The Morgan fingerprint density at radius 2 is 1.64 bits per heavy atom. The highest BCUT2D eigenvalue weighted by Gasteiger charge is 2.32. The molecule has 0 aromatic rings. The van der Waals surface area contributed by atoms with Crippen molar-refractivity contribution in [3.05, 3.63) is 59.4 Å². The number of likely N-dealkylation sites (tertiary alicyclic amines) is 1. The molecule has 1 aliphatic carbocycles. The van der Waals surface area contributed by atoms with Crippen LogP contribution in [0.25, 0.3) is 0 Å². The zero-order valence-electron chi connectivity index (χ0n) is 32.3. The number of ether oxygens (including phenoxy) is 1. The van der Waals surface area contributed by atoms with E-state index >= 15 is 0 Å². The molecule has 2 fully saturated rings. The lowest BCUT2D eigenvalue weighted by atomic mass is 9.99. The van der Waals surface area contributed by atoms with E-state index in [1.165, 1.54) is 11.1 Å². The van der Waals surface area contributed by atoms with Gasteiger partial charge in [0.05, 0.1) is 13.2 Å². The van der Waals surface area contributed by atoms with Gasteiger partial charge in [-0.05, 0) is 83.7 Å². The minimum absolute atomic E-state index is 0.319. The van der Waals surface area contributed by atoms with Crippen molar-refractivity contribution in [3.63, 3.8) is 0 Å². The molecule has 0 aromatic carbocycles. The molecule has 1 N–H and O–H groups in total. The number of rotatable bonds is 14. The number of carboxylic acids is 1. The van der Waals surface area contributed by atoms with Gasteiger partial charge in [0.1, 0.15) is 5.76 Å². The molecule has 0 radical (unpaired) electrons. The zero-order valence-corrected chi connectivity index (χ0v) is 32.3. The molecule has 47 heavy (non-hydrogen) atoms. The lowest BCUT2D eigenvalue weighted by Crippen LogP contribution is -2.43. The monoisotopic (exact) mass is 660 g/mol. The summed E-state index contributed by atoms with van der Waals surface area (Å²) in [5.74, 6) is 1.01. The standard InChI is InChI=1S/C31H48N2O2.C3H9N.C2H4O2.2C2H6/c1-4-7-20-32(21-8-5-2)31(34)25-33-24-27(23-29(33)18-17-26-13-9-10-14-26)15-11-16-30-28(12-6-3)19-22-35-30;1-4(2)3;1-2(3)4;2*1-2/h9-13,15-16,27,29H,4-8,14,17-25H2,1-3H3;1-3H3;1H3,(H,3,4);2*1-2H3/b15-11+,28-12-,30-16+;;;;/t27-,29?;;;;/m1..../s1. The first-order valence-corrected chi connectivity index (χ1v) is 18.5. The molecular weight excluding hydrogens is 586 g/mol. The maximum atomic E-state index is 13.3. The summed E-state index contributed by atoms with van der Waals surface area (Å²) in [7, 11) is 6.00. The zero-order chi connectivity index (χ0) is 36.0. The molecule has 0 saturated carbocycles. The molecular formula is C40H73N3O4. The lowest BCUT2D eigenvalue weighted by Gasteiger charge is -2.28. The first-order chi connectivity index (χ1) is 22.6. The van der Waals surface area contributed by atoms with Crippen molar-refractivity contribution in [1.29, 1.82) is 0 Å². The van der Waals surface area contributed by atoms with Gasteiger partial charge in [-0.15, -0.1) is 0 Å². The molecule has 272 valence electrons. The average Bonchev–Trinajstić information content (AvgIpc) is 3.80. The van der Waals surface area contributed by atoms with Gasteiger partial charge in [-0.1, -0.05) is 103 Å². The summed E-state index contributed by atoms with van der Waals surface area (Å²) in [4.78, 5) is 28.9. The number of carboxylic acid groups (broad SMARTS) is 1. The summed E-state index contributed by atoms with van der Waals surface area (Å²) in [6.07, 6.45) is 26.7. The van der Waals surface area contributed by atoms with Gasteiger partial charge in [-0.25, -0.2) is 0 Å². The van der Waals surface area contributed by atoms with Crippen LogP contribution in [-0.4, -0.2) is 91.7 Å². The molecule has 3 aliphatic rings. The number of unbranched alkanes of at least 4 members (excludes halogenated alkanes) is 2. The SMILES string of the molecule is CC.CC.CC(=O)O.CC/C=C1/CCO/C1=C/C=C/[C@@H]1CC(CCC2=CC=CC2)N(CC(=O)N(CCCC)CCCC)C1.CN(C)C. The van der Waals surface area contributed by atoms with Gasteiger partial charge in [0.15, 0.2) is 0 Å². The van der Waals surface area contributed by atoms with Crippen molar-refractivity contribution in [2.24, 2.45) is 5.92 Å². The second-order valence-electron chi connectivity index (χ2n) is 12.2. The highest BCUT2D eigenvalue weighted by atomic mass is 16.5. The first-order valence-electron chi connectivity index (χ1n) is 18.5. The maximum absolute atomic E-state index is 13.3. The maximum Gasteiger partial charge on any atom is 0.300 e. The van der Waals surface area contributed by atoms with Gasteiger partial charge in [0, 0.05) is 39.0 Å². The molecule has 0 aromatic heterocycles. The third-order valence-electron chi connectivity index (χ3n) is 7.49. The van der Waals surface area contributed by atoms with Crippen LogP contribution in [0.1, 0.15) is 120 Å². The van der Waals surface area contributed by atoms with Gasteiger partial charge in [0.2, 0.25) is 5.91 Å². The van der Waals surface area contributed by atoms with Crippen LogP contribution >= 0.6 is 0 Å². The van der Waals surface area contributed by atoms with Crippen molar-refractivity contribution >= 4 is 11.9 Å². The number of hydrogen-bond acceptors (Lipinski definition) is 5. The molecule has 2 aliphatic heterocycles. The Labute approximate surface area is 290 Å². The molecule has 7 heteroatoms. The smallest absolute Gasteiger partial charge is 0.300 e. The number of allylic oxidation sites excluding steroid dienone is 8. The summed E-state index contributed by atoms with van der Waals surface area (Å²) in [6.45, 7) is 19.8. The van der Waals surface area contributed by atoms with E-state index in [-0.39, 0.29) is 0 Å². The highest BCUT2D eigenvalue weighted by molar-refractivity contribution is 5.78. The second kappa shape index (κ2) is 30.7. The van der Waals surface area contributed by atoms with Crippen LogP contribution in [0, 0.1) is 5.92 Å². The Balaban J connectivity index is 0. The molecule has 7 nitrogen and oxygen atoms in total. The summed E-state index contributed by atoms with van der Waals surface area (Å²) >= 11 is 0. The molecule has 0 spiro atoms. The summed E-state index contributed by atoms with van der Waals surface area (Å²) in [5, 5.41) is 7.42. The van der Waals surface area contributed by atoms with E-state index in [4.69, 9.17) is 14.6 Å². The van der Waals surface area contributed by atoms with Crippen LogP contribution in [0.3, 0.4) is 0 Å². The molecule has 3 rings (SSSR count). The Bertz CT molecular complexity index is 950. The third kappa shape index (κ3) is 23.4. The summed E-state index contributed by atoms with van der Waals surface area (Å²) in [5.41, 5.74) is 2.87. The van der Waals surface area contributed by atoms with Crippen molar-refractivity contribution in [2.75, 3.05) is 53.9 Å². The van der Waals surface area contributed by atoms with Crippen molar-refractivity contribution in [3.8, 4) is 0 Å². The Morgan fingerprint density at radius 1 is 1.04 bits per heavy atom. The molecule has 1 unspecified atom stereocenters. The summed E-state index contributed by atoms with van der Waals surface area (Å²) < 4.78 is 5.83. The van der Waals surface area contributed by atoms with Gasteiger partial charge in [-0.3, -0.25) is 14.5 Å². The van der Waals surface area contributed by atoms with Gasteiger partial charge in [0.25, 0.3) is 5.97 Å². The fraction of sp³-hybridized carbons (Fsp3) is 0.700. The van der Waals surface area contributed by atoms with E-state index in [0.29, 0.717) is 24.4 Å². The lowest BCUT2D eigenvalue weighted by molar-refractivity contribution is -0.134. The molecule has 2 atom stereocenters. The first kappa shape index (κ1) is 46.5. The normalized spacial score (nSPS) is 20.0. The van der Waals surface area contributed by atoms with E-state index < -0.39 is 5.97 Å². The average molecular weight is 660 g/mol. The van der Waals surface area contributed by atoms with Gasteiger partial charge in [-0.2, -0.15) is 0 Å². The van der Waals surface area contributed by atoms with E-state index in [2.05, 4.69) is 73.1 Å². The van der Waals surface area contributed by atoms with Crippen molar-refractivity contribution in [1.82, 2.24) is 14.7 Å². The van der Waals surface area contributed by atoms with Gasteiger partial charge >= 0.3 is 0 Å². The fourth-order valence-electron chi connectivity index (χ4n) is 5.41. The minimum atomic E-state index is -0.833. The number of carbonyl (C=O) groups excluding carboxylic acids is 1. The fourth-order valence-corrected chi connectivity index (χ4v) is 5.41. The molecule has 1 amide bonds. The molecule has 2 saturated heterocycles. The number of nitrogens with zero attached hydrogens (tertiary/aromatic N) is 3. The van der Waals surface area contributed by atoms with Crippen LogP contribution in [0.4, 0.5) is 0 Å². The van der Waals surface area contributed by atoms with Crippen LogP contribution < -0.4 is 0 Å². The predicted molar refractivity (Wildman–Crippen MR) is 203 cm³/mol. The third-order valence-corrected chi connectivity index (χ3v) is 7.49. The Hall–Kier alpha value is -2.64. The number of hydrogen-bond donors (Lipinski definition) is 1. The van der Waals surface area contributed by atoms with Gasteiger partial charge < -0.3 is 19.6 Å². The van der Waals surface area contributed by atoms with E-state index in [0.717, 1.165) is 103 Å². The van der Waals surface area contributed by atoms with Crippen LogP contribution in [0.15, 0.2) is 59.4 Å². The Morgan fingerprint density at radius 3 is 2.15 bits per heavy atom. The highest BCUT2D eigenvalue weighted by Crippen LogP contribution is 2.30. The van der Waals surface area contributed by atoms with E-state index in [1.54, 1.807) is 0 Å². The quantitative estimate of drug-likeness (QED) is 0.200. The Kier molecular flexibility index (Phi) is 30.3. The summed E-state index contributed by atoms with van der Waals surface area (Å²) in [6, 6.07) is 0.472. The topological polar surface area (TPSA) is 73.3 Å².